The monoisotopic (exact) mass is 224 g/mol. The Labute approximate surface area is 98.6 Å². The van der Waals surface area contributed by atoms with Crippen molar-refractivity contribution in [2.45, 2.75) is 45.7 Å². The van der Waals surface area contributed by atoms with Gasteiger partial charge in [0.15, 0.2) is 0 Å². The topological polar surface area (TPSA) is 42.4 Å². The Morgan fingerprint density at radius 3 is 2.31 bits per heavy atom. The average molecular weight is 224 g/mol. The molecule has 1 unspecified atom stereocenters. The maximum Gasteiger partial charge on any atom is 0.122 e. The first kappa shape index (κ1) is 13.3. The lowest BCUT2D eigenvalue weighted by molar-refractivity contribution is 0.149. The highest BCUT2D eigenvalue weighted by Crippen LogP contribution is 2.24. The molecule has 0 spiro atoms. The van der Waals surface area contributed by atoms with Gasteiger partial charge in [-0.05, 0) is 38.9 Å². The van der Waals surface area contributed by atoms with E-state index in [0.29, 0.717) is 12.6 Å². The van der Waals surface area contributed by atoms with Crippen molar-refractivity contribution in [3.05, 3.63) is 23.7 Å². The van der Waals surface area contributed by atoms with E-state index < -0.39 is 0 Å². The molecule has 0 amide bonds. The third-order valence-electron chi connectivity index (χ3n) is 3.32. The van der Waals surface area contributed by atoms with Crippen LogP contribution >= 0.6 is 0 Å². The summed E-state index contributed by atoms with van der Waals surface area (Å²) in [5, 5.41) is 0. The Hall–Kier alpha value is -0.800. The summed E-state index contributed by atoms with van der Waals surface area (Å²) in [6.45, 7) is 6.99. The van der Waals surface area contributed by atoms with Gasteiger partial charge in [-0.1, -0.05) is 13.8 Å². The van der Waals surface area contributed by atoms with Gasteiger partial charge in [0, 0.05) is 12.6 Å². The highest BCUT2D eigenvalue weighted by Gasteiger charge is 2.23. The predicted octanol–water partition coefficient (Wildman–Crippen LogP) is 2.71. The summed E-state index contributed by atoms with van der Waals surface area (Å²) in [7, 11) is 2.13. The lowest BCUT2D eigenvalue weighted by Gasteiger charge is -2.32. The van der Waals surface area contributed by atoms with Crippen LogP contribution in [-0.2, 0) is 0 Å². The summed E-state index contributed by atoms with van der Waals surface area (Å²) >= 11 is 0. The van der Waals surface area contributed by atoms with Gasteiger partial charge in [-0.2, -0.15) is 0 Å². The third kappa shape index (κ3) is 2.86. The van der Waals surface area contributed by atoms with Crippen LogP contribution in [0.5, 0.6) is 0 Å². The maximum atomic E-state index is 5.86. The molecule has 3 nitrogen and oxygen atoms in total. The fourth-order valence-electron chi connectivity index (χ4n) is 2.23. The van der Waals surface area contributed by atoms with E-state index in [1.54, 1.807) is 0 Å². The molecule has 0 aliphatic heterocycles. The zero-order valence-corrected chi connectivity index (χ0v) is 10.9. The van der Waals surface area contributed by atoms with Gasteiger partial charge in [0.1, 0.15) is 11.5 Å². The van der Waals surface area contributed by atoms with E-state index in [0.717, 1.165) is 24.4 Å². The maximum absolute atomic E-state index is 5.86. The first-order valence-corrected chi connectivity index (χ1v) is 6.12. The molecule has 1 aromatic rings. The minimum absolute atomic E-state index is 0.193. The van der Waals surface area contributed by atoms with Gasteiger partial charge in [0.05, 0.1) is 6.04 Å². The van der Waals surface area contributed by atoms with Crippen LogP contribution < -0.4 is 5.73 Å². The van der Waals surface area contributed by atoms with Gasteiger partial charge >= 0.3 is 0 Å². The average Bonchev–Trinajstić information content (AvgIpc) is 2.68. The molecule has 0 bridgehead atoms. The molecular weight excluding hydrogens is 200 g/mol. The van der Waals surface area contributed by atoms with Gasteiger partial charge in [-0.25, -0.2) is 0 Å². The van der Waals surface area contributed by atoms with Crippen LogP contribution in [0.15, 0.2) is 16.5 Å². The lowest BCUT2D eigenvalue weighted by atomic mass is 10.1. The molecular formula is C13H24N2O. The number of likely N-dealkylation sites (N-methyl/N-ethyl adjacent to an activating group) is 1. The number of aryl methyl sites for hydroxylation is 1. The van der Waals surface area contributed by atoms with E-state index >= 15 is 0 Å². The molecule has 1 aromatic heterocycles. The summed E-state index contributed by atoms with van der Waals surface area (Å²) in [5.41, 5.74) is 5.86. The molecule has 0 aromatic carbocycles. The van der Waals surface area contributed by atoms with Crippen molar-refractivity contribution < 1.29 is 4.42 Å². The Bertz CT molecular complexity index is 305. The molecule has 1 rings (SSSR count). The molecule has 0 radical (unpaired) electrons. The minimum Gasteiger partial charge on any atom is -0.465 e. The summed E-state index contributed by atoms with van der Waals surface area (Å²) in [4.78, 5) is 2.33. The SMILES string of the molecule is CCC(CC)N(C)C(CN)c1ccc(C)o1. The molecule has 1 heterocycles. The van der Waals surface area contributed by atoms with Gasteiger partial charge in [0.25, 0.3) is 0 Å². The van der Waals surface area contributed by atoms with E-state index in [1.165, 1.54) is 0 Å². The number of nitrogens with two attached hydrogens (primary N) is 1. The lowest BCUT2D eigenvalue weighted by Crippen LogP contribution is -2.37. The van der Waals surface area contributed by atoms with Crippen LogP contribution in [-0.4, -0.2) is 24.5 Å². The van der Waals surface area contributed by atoms with E-state index in [4.69, 9.17) is 10.2 Å². The summed E-state index contributed by atoms with van der Waals surface area (Å²) in [6, 6.07) is 4.79. The van der Waals surface area contributed by atoms with E-state index in [1.807, 2.05) is 19.1 Å². The Morgan fingerprint density at radius 1 is 1.31 bits per heavy atom. The van der Waals surface area contributed by atoms with Crippen LogP contribution in [0.3, 0.4) is 0 Å². The number of nitrogens with zero attached hydrogens (tertiary/aromatic N) is 1. The molecule has 3 heteroatoms. The highest BCUT2D eigenvalue weighted by atomic mass is 16.3. The molecule has 0 aliphatic carbocycles. The van der Waals surface area contributed by atoms with Crippen molar-refractivity contribution in [3.8, 4) is 0 Å². The van der Waals surface area contributed by atoms with Crippen molar-refractivity contribution in [1.29, 1.82) is 0 Å². The van der Waals surface area contributed by atoms with E-state index in [9.17, 15) is 0 Å². The summed E-state index contributed by atoms with van der Waals surface area (Å²) in [5.74, 6) is 1.93. The second-order valence-electron chi connectivity index (χ2n) is 4.34. The van der Waals surface area contributed by atoms with Crippen LogP contribution in [0.4, 0.5) is 0 Å². The summed E-state index contributed by atoms with van der Waals surface area (Å²) in [6.07, 6.45) is 2.28. The van der Waals surface area contributed by atoms with Crippen molar-refractivity contribution in [2.75, 3.05) is 13.6 Å². The van der Waals surface area contributed by atoms with Crippen LogP contribution in [0.2, 0.25) is 0 Å². The molecule has 2 N–H and O–H groups in total. The standard InChI is InChI=1S/C13H24N2O/c1-5-11(6-2)15(4)12(9-14)13-8-7-10(3)16-13/h7-8,11-12H,5-6,9,14H2,1-4H3. The first-order chi connectivity index (χ1) is 7.63. The van der Waals surface area contributed by atoms with Crippen LogP contribution in [0.25, 0.3) is 0 Å². The molecule has 0 fully saturated rings. The van der Waals surface area contributed by atoms with Crippen molar-refractivity contribution >= 4 is 0 Å². The zero-order chi connectivity index (χ0) is 12.1. The molecule has 1 atom stereocenters. The third-order valence-corrected chi connectivity index (χ3v) is 3.32. The fourth-order valence-corrected chi connectivity index (χ4v) is 2.23. The smallest absolute Gasteiger partial charge is 0.122 e. The van der Waals surface area contributed by atoms with Gasteiger partial charge in [-0.15, -0.1) is 0 Å². The van der Waals surface area contributed by atoms with E-state index in [2.05, 4.69) is 25.8 Å². The van der Waals surface area contributed by atoms with Crippen LogP contribution in [0.1, 0.15) is 44.3 Å². The normalized spacial score (nSPS) is 13.7. The number of hydrogen-bond acceptors (Lipinski definition) is 3. The van der Waals surface area contributed by atoms with Gasteiger partial charge in [0.2, 0.25) is 0 Å². The van der Waals surface area contributed by atoms with Crippen molar-refractivity contribution in [2.24, 2.45) is 5.73 Å². The minimum atomic E-state index is 0.193. The quantitative estimate of drug-likeness (QED) is 0.808. The molecule has 0 saturated heterocycles. The Morgan fingerprint density at radius 2 is 1.94 bits per heavy atom. The van der Waals surface area contributed by atoms with Crippen molar-refractivity contribution in [1.82, 2.24) is 4.90 Å². The second kappa shape index (κ2) is 6.06. The number of furan rings is 1. The Kier molecular flexibility index (Phi) is 5.03. The fraction of sp³-hybridized carbons (Fsp3) is 0.692. The van der Waals surface area contributed by atoms with E-state index in [-0.39, 0.29) is 6.04 Å². The van der Waals surface area contributed by atoms with Gasteiger partial charge < -0.3 is 10.2 Å². The Balaban J connectivity index is 2.81. The van der Waals surface area contributed by atoms with Crippen LogP contribution in [0, 0.1) is 6.92 Å². The van der Waals surface area contributed by atoms with Crippen molar-refractivity contribution in [3.63, 3.8) is 0 Å². The molecule has 0 saturated carbocycles. The molecule has 0 aliphatic rings. The second-order valence-corrected chi connectivity index (χ2v) is 4.34. The molecule has 92 valence electrons. The predicted molar refractivity (Wildman–Crippen MR) is 67.4 cm³/mol. The number of rotatable bonds is 6. The zero-order valence-electron chi connectivity index (χ0n) is 10.9. The first-order valence-electron chi connectivity index (χ1n) is 6.12. The van der Waals surface area contributed by atoms with Gasteiger partial charge in [-0.3, -0.25) is 4.90 Å². The highest BCUT2D eigenvalue weighted by molar-refractivity contribution is 5.10. The largest absolute Gasteiger partial charge is 0.465 e. The molecule has 16 heavy (non-hydrogen) atoms. The number of hydrogen-bond donors (Lipinski definition) is 1. The summed E-state index contributed by atoms with van der Waals surface area (Å²) < 4.78 is 5.68.